The van der Waals surface area contributed by atoms with Crippen LogP contribution < -0.4 is 22.6 Å². The van der Waals surface area contributed by atoms with Crippen molar-refractivity contribution in [3.63, 3.8) is 0 Å². The Hall–Kier alpha value is -3.98. The minimum absolute atomic E-state index is 0.00478. The fraction of sp³-hybridized carbons (Fsp3) is 0.545. The number of aliphatic hydroxyl groups is 4. The number of nitrogens with one attached hydrogen (secondary N) is 2. The molecular formula is C22H28N10O9. The molecular weight excluding hydrogens is 548 g/mol. The van der Waals surface area contributed by atoms with Crippen LogP contribution in [-0.4, -0.2) is 109 Å². The largest absolute Gasteiger partial charge is 0.394 e. The molecule has 8 atom stereocenters. The van der Waals surface area contributed by atoms with Gasteiger partial charge in [-0.25, -0.2) is 9.97 Å². The summed E-state index contributed by atoms with van der Waals surface area (Å²) in [7, 11) is 0. The van der Waals surface area contributed by atoms with Gasteiger partial charge in [-0.1, -0.05) is 0 Å². The standard InChI is InChI=1S/C22H28N10O9/c23-21-27-15-9(17(37)29-21)25-5-31(15)19-12(35)11(34)7(40-19)2-1-3-39-14-8(4-33)41-20(13(14)36)32-6-26-10-16(32)28-22(24)30-18(10)38/h5-8,11-14,19-20,33-36H,1-4H2,(H3,23,27,29,37)(H3,24,28,30,38)/t7-,8-,11-,12-,13-,14-,19-,20-/m1/s1. The zero-order chi connectivity index (χ0) is 29.0. The fourth-order valence-corrected chi connectivity index (χ4v) is 5.26. The Labute approximate surface area is 228 Å². The summed E-state index contributed by atoms with van der Waals surface area (Å²) in [5.74, 6) is -0.273. The molecule has 6 rings (SSSR count). The molecule has 0 radical (unpaired) electrons. The first-order valence-electron chi connectivity index (χ1n) is 12.7. The summed E-state index contributed by atoms with van der Waals surface area (Å²) in [6, 6.07) is 0. The number of hydrogen-bond donors (Lipinski definition) is 8. The maximum atomic E-state index is 12.1. The van der Waals surface area contributed by atoms with Crippen LogP contribution in [0, 0.1) is 0 Å². The van der Waals surface area contributed by atoms with Gasteiger partial charge in [0.25, 0.3) is 11.1 Å². The van der Waals surface area contributed by atoms with E-state index in [0.717, 1.165) is 0 Å². The number of aliphatic hydroxyl groups excluding tert-OH is 4. The van der Waals surface area contributed by atoms with Crippen LogP contribution >= 0.6 is 0 Å². The van der Waals surface area contributed by atoms with Gasteiger partial charge in [-0.15, -0.1) is 0 Å². The number of hydrogen-bond acceptors (Lipinski definition) is 15. The molecule has 0 bridgehead atoms. The number of aromatic amines is 2. The van der Waals surface area contributed by atoms with E-state index in [1.807, 2.05) is 0 Å². The lowest BCUT2D eigenvalue weighted by Crippen LogP contribution is -2.36. The summed E-state index contributed by atoms with van der Waals surface area (Å²) in [5, 5.41) is 42.1. The van der Waals surface area contributed by atoms with E-state index in [1.54, 1.807) is 0 Å². The van der Waals surface area contributed by atoms with E-state index in [0.29, 0.717) is 6.42 Å². The van der Waals surface area contributed by atoms with Crippen LogP contribution in [0.25, 0.3) is 22.3 Å². The molecule has 19 nitrogen and oxygen atoms in total. The third-order valence-corrected chi connectivity index (χ3v) is 7.22. The molecule has 6 heterocycles. The molecule has 4 aromatic heterocycles. The molecule has 2 fully saturated rings. The van der Waals surface area contributed by atoms with Crippen molar-refractivity contribution < 1.29 is 34.6 Å². The summed E-state index contributed by atoms with van der Waals surface area (Å²) in [6.07, 6.45) is -5.49. The minimum Gasteiger partial charge on any atom is -0.394 e. The Morgan fingerprint density at radius 3 is 1.95 bits per heavy atom. The van der Waals surface area contributed by atoms with Gasteiger partial charge in [0.15, 0.2) is 34.8 Å². The van der Waals surface area contributed by atoms with Crippen molar-refractivity contribution in [1.82, 2.24) is 39.0 Å². The first-order valence-corrected chi connectivity index (χ1v) is 12.7. The number of anilines is 2. The molecule has 2 aliphatic heterocycles. The van der Waals surface area contributed by atoms with Gasteiger partial charge in [0.05, 0.1) is 25.4 Å². The second kappa shape index (κ2) is 10.4. The van der Waals surface area contributed by atoms with E-state index in [-0.39, 0.29) is 47.3 Å². The van der Waals surface area contributed by atoms with Crippen molar-refractivity contribution in [2.45, 2.75) is 61.9 Å². The summed E-state index contributed by atoms with van der Waals surface area (Å²) >= 11 is 0. The molecule has 0 amide bonds. The van der Waals surface area contributed by atoms with Gasteiger partial charge < -0.3 is 46.1 Å². The summed E-state index contributed by atoms with van der Waals surface area (Å²) in [4.78, 5) is 45.0. The predicted octanol–water partition coefficient (Wildman–Crippen LogP) is -3.55. The van der Waals surface area contributed by atoms with Crippen LogP contribution in [0.5, 0.6) is 0 Å². The molecule has 19 heteroatoms. The smallest absolute Gasteiger partial charge is 0.280 e. The summed E-state index contributed by atoms with van der Waals surface area (Å²) < 4.78 is 20.2. The fourth-order valence-electron chi connectivity index (χ4n) is 5.26. The highest BCUT2D eigenvalue weighted by molar-refractivity contribution is 5.71. The monoisotopic (exact) mass is 576 g/mol. The highest BCUT2D eigenvalue weighted by atomic mass is 16.6. The second-order valence-corrected chi connectivity index (χ2v) is 9.81. The lowest BCUT2D eigenvalue weighted by atomic mass is 10.1. The number of nitrogen functional groups attached to an aromatic ring is 2. The highest BCUT2D eigenvalue weighted by Gasteiger charge is 2.47. The van der Waals surface area contributed by atoms with Gasteiger partial charge >= 0.3 is 0 Å². The van der Waals surface area contributed by atoms with Crippen LogP contribution in [-0.2, 0) is 14.2 Å². The second-order valence-electron chi connectivity index (χ2n) is 9.81. The average molecular weight is 577 g/mol. The first kappa shape index (κ1) is 27.2. The van der Waals surface area contributed by atoms with Crippen LogP contribution in [0.15, 0.2) is 22.2 Å². The number of nitrogens with zero attached hydrogens (tertiary/aromatic N) is 6. The Morgan fingerprint density at radius 1 is 0.854 bits per heavy atom. The zero-order valence-electron chi connectivity index (χ0n) is 21.3. The molecule has 0 unspecified atom stereocenters. The van der Waals surface area contributed by atoms with E-state index >= 15 is 0 Å². The van der Waals surface area contributed by atoms with Crippen molar-refractivity contribution in [3.05, 3.63) is 33.4 Å². The van der Waals surface area contributed by atoms with Crippen molar-refractivity contribution in [2.24, 2.45) is 0 Å². The SMILES string of the molecule is Nc1nc2c(ncn2[C@@H]2O[C@H](CCCO[C@H]3[C@@H](O)[C@H](n4cnc5c(=O)[nH]c(N)nc54)O[C@@H]3CO)[C@@H](O)[C@H]2O)c(=O)[nH]1. The maximum absolute atomic E-state index is 12.1. The Balaban J connectivity index is 1.09. The molecule has 2 saturated heterocycles. The van der Waals surface area contributed by atoms with E-state index in [1.165, 1.54) is 21.8 Å². The summed E-state index contributed by atoms with van der Waals surface area (Å²) in [5.41, 5.74) is 10.4. The third-order valence-electron chi connectivity index (χ3n) is 7.22. The number of H-pyrrole nitrogens is 2. The van der Waals surface area contributed by atoms with Crippen LogP contribution in [0.1, 0.15) is 25.3 Å². The summed E-state index contributed by atoms with van der Waals surface area (Å²) in [6.45, 7) is -0.377. The zero-order valence-corrected chi connectivity index (χ0v) is 21.3. The normalized spacial score (nSPS) is 30.1. The Morgan fingerprint density at radius 2 is 1.39 bits per heavy atom. The van der Waals surface area contributed by atoms with Crippen molar-refractivity contribution >= 4 is 34.2 Å². The van der Waals surface area contributed by atoms with Gasteiger partial charge in [0.2, 0.25) is 11.9 Å². The van der Waals surface area contributed by atoms with Crippen LogP contribution in [0.4, 0.5) is 11.9 Å². The lowest BCUT2D eigenvalue weighted by molar-refractivity contribution is -0.0655. The van der Waals surface area contributed by atoms with Gasteiger partial charge in [0, 0.05) is 6.61 Å². The third kappa shape index (κ3) is 4.62. The molecule has 41 heavy (non-hydrogen) atoms. The number of fused-ring (bicyclic) bond motifs is 2. The molecule has 0 spiro atoms. The number of nitrogens with two attached hydrogens (primary N) is 2. The van der Waals surface area contributed by atoms with Gasteiger partial charge in [-0.05, 0) is 12.8 Å². The molecule has 4 aromatic rings. The highest BCUT2D eigenvalue weighted by Crippen LogP contribution is 2.35. The quantitative estimate of drug-likeness (QED) is 0.0942. The molecule has 0 aliphatic carbocycles. The lowest BCUT2D eigenvalue weighted by Gasteiger charge is -2.21. The van der Waals surface area contributed by atoms with E-state index in [9.17, 15) is 30.0 Å². The van der Waals surface area contributed by atoms with Crippen molar-refractivity contribution in [3.8, 4) is 0 Å². The molecule has 0 aromatic carbocycles. The number of rotatable bonds is 8. The predicted molar refractivity (Wildman–Crippen MR) is 137 cm³/mol. The Bertz CT molecular complexity index is 1680. The maximum Gasteiger partial charge on any atom is 0.280 e. The molecule has 220 valence electrons. The van der Waals surface area contributed by atoms with Gasteiger partial charge in [-0.2, -0.15) is 9.97 Å². The van der Waals surface area contributed by atoms with Crippen LogP contribution in [0.2, 0.25) is 0 Å². The average Bonchev–Trinajstić information content (AvgIpc) is 3.68. The minimum atomic E-state index is -1.34. The molecule has 2 aliphatic rings. The van der Waals surface area contributed by atoms with Crippen molar-refractivity contribution in [2.75, 3.05) is 24.7 Å². The molecule has 0 saturated carbocycles. The van der Waals surface area contributed by atoms with Crippen LogP contribution in [0.3, 0.4) is 0 Å². The van der Waals surface area contributed by atoms with E-state index < -0.39 is 66.8 Å². The van der Waals surface area contributed by atoms with E-state index in [2.05, 4.69) is 29.9 Å². The van der Waals surface area contributed by atoms with E-state index in [4.69, 9.17) is 25.7 Å². The topological polar surface area (TPSA) is 288 Å². The first-order chi connectivity index (χ1) is 19.7. The number of imidazole rings is 2. The Kier molecular flexibility index (Phi) is 6.93. The molecule has 10 N–H and O–H groups in total. The number of ether oxygens (including phenoxy) is 3. The van der Waals surface area contributed by atoms with Gasteiger partial charge in [-0.3, -0.25) is 28.7 Å². The van der Waals surface area contributed by atoms with Crippen molar-refractivity contribution in [1.29, 1.82) is 0 Å². The number of aromatic nitrogens is 8. The van der Waals surface area contributed by atoms with Gasteiger partial charge in [0.1, 0.15) is 30.5 Å².